The Bertz CT molecular complexity index is 1060. The van der Waals surface area contributed by atoms with Crippen molar-refractivity contribution in [3.63, 3.8) is 0 Å². The highest BCUT2D eigenvalue weighted by Gasteiger charge is 2.07. The maximum absolute atomic E-state index is 12.0. The van der Waals surface area contributed by atoms with Gasteiger partial charge in [-0.25, -0.2) is 4.98 Å². The number of anilines is 1. The van der Waals surface area contributed by atoms with Crippen LogP contribution in [0, 0.1) is 0 Å². The minimum absolute atomic E-state index is 0.135. The van der Waals surface area contributed by atoms with Crippen molar-refractivity contribution >= 4 is 44.3 Å². The number of fused-ring (bicyclic) bond motifs is 1. The number of nitrogens with one attached hydrogen (secondary N) is 3. The lowest BCUT2D eigenvalue weighted by atomic mass is 10.2. The fraction of sp³-hybridized carbons (Fsp3) is 0.238. The van der Waals surface area contributed by atoms with Gasteiger partial charge in [-0.2, -0.15) is 0 Å². The number of H-pyrrole nitrogens is 1. The molecule has 0 spiro atoms. The second kappa shape index (κ2) is 9.97. The quantitative estimate of drug-likeness (QED) is 0.484. The van der Waals surface area contributed by atoms with E-state index in [0.29, 0.717) is 41.7 Å². The highest BCUT2D eigenvalue weighted by Crippen LogP contribution is 2.14. The molecule has 2 aromatic carbocycles. The van der Waals surface area contributed by atoms with Crippen LogP contribution in [0.5, 0.6) is 0 Å². The lowest BCUT2D eigenvalue weighted by molar-refractivity contribution is -0.121. The van der Waals surface area contributed by atoms with Crippen LogP contribution in [0.25, 0.3) is 10.9 Å². The summed E-state index contributed by atoms with van der Waals surface area (Å²) in [4.78, 5) is 43.1. The van der Waals surface area contributed by atoms with Gasteiger partial charge < -0.3 is 15.6 Å². The smallest absolute Gasteiger partial charge is 0.258 e. The van der Waals surface area contributed by atoms with Crippen LogP contribution >= 0.6 is 15.9 Å². The summed E-state index contributed by atoms with van der Waals surface area (Å²) < 4.78 is 0.936. The second-order valence-electron chi connectivity index (χ2n) is 6.54. The number of rotatable bonds is 8. The van der Waals surface area contributed by atoms with E-state index in [1.807, 2.05) is 18.2 Å². The molecule has 0 atom stereocenters. The van der Waals surface area contributed by atoms with Crippen LogP contribution < -0.4 is 16.2 Å². The summed E-state index contributed by atoms with van der Waals surface area (Å²) in [5, 5.41) is 6.06. The van der Waals surface area contributed by atoms with E-state index in [2.05, 4.69) is 36.5 Å². The van der Waals surface area contributed by atoms with Crippen molar-refractivity contribution < 1.29 is 9.59 Å². The molecular weight excluding hydrogens is 436 g/mol. The van der Waals surface area contributed by atoms with Gasteiger partial charge in [0.1, 0.15) is 5.82 Å². The van der Waals surface area contributed by atoms with Gasteiger partial charge in [0.05, 0.1) is 10.9 Å². The first-order valence-electron chi connectivity index (χ1n) is 9.31. The van der Waals surface area contributed by atoms with Gasteiger partial charge in [-0.05, 0) is 42.8 Å². The SMILES string of the molecule is O=C(CCCc1nc2ccccc2c(=O)[nH]1)NCCC(=O)Nc1ccc(Br)cc1. The van der Waals surface area contributed by atoms with E-state index in [1.165, 1.54) is 0 Å². The van der Waals surface area contributed by atoms with E-state index in [1.54, 1.807) is 30.3 Å². The van der Waals surface area contributed by atoms with Crippen molar-refractivity contribution in [1.82, 2.24) is 15.3 Å². The van der Waals surface area contributed by atoms with Gasteiger partial charge >= 0.3 is 0 Å². The molecule has 0 radical (unpaired) electrons. The summed E-state index contributed by atoms with van der Waals surface area (Å²) in [5.41, 5.74) is 1.18. The molecule has 0 aliphatic carbocycles. The Morgan fingerprint density at radius 2 is 1.76 bits per heavy atom. The molecule has 7 nitrogen and oxygen atoms in total. The molecule has 150 valence electrons. The molecule has 3 aromatic rings. The van der Waals surface area contributed by atoms with E-state index >= 15 is 0 Å². The molecule has 3 N–H and O–H groups in total. The number of aromatic nitrogens is 2. The third kappa shape index (κ3) is 6.25. The van der Waals surface area contributed by atoms with Crippen molar-refractivity contribution in [2.45, 2.75) is 25.7 Å². The Labute approximate surface area is 176 Å². The number of amides is 2. The number of hydrogen-bond acceptors (Lipinski definition) is 4. The summed E-state index contributed by atoms with van der Waals surface area (Å²) in [5.74, 6) is 0.269. The molecule has 1 aromatic heterocycles. The average Bonchev–Trinajstić information content (AvgIpc) is 2.70. The molecule has 29 heavy (non-hydrogen) atoms. The number of benzene rings is 2. The molecule has 0 saturated carbocycles. The summed E-state index contributed by atoms with van der Waals surface area (Å²) in [6, 6.07) is 14.4. The monoisotopic (exact) mass is 456 g/mol. The molecule has 0 bridgehead atoms. The zero-order valence-corrected chi connectivity index (χ0v) is 17.3. The molecule has 0 unspecified atom stereocenters. The normalized spacial score (nSPS) is 10.7. The number of para-hydroxylation sites is 1. The summed E-state index contributed by atoms with van der Waals surface area (Å²) in [6.45, 7) is 0.270. The minimum Gasteiger partial charge on any atom is -0.356 e. The Kier molecular flexibility index (Phi) is 7.13. The van der Waals surface area contributed by atoms with E-state index in [9.17, 15) is 14.4 Å². The Hall–Kier alpha value is -3.00. The van der Waals surface area contributed by atoms with E-state index in [4.69, 9.17) is 0 Å². The summed E-state index contributed by atoms with van der Waals surface area (Å²) in [6.07, 6.45) is 1.54. The topological polar surface area (TPSA) is 104 Å². The highest BCUT2D eigenvalue weighted by molar-refractivity contribution is 9.10. The maximum Gasteiger partial charge on any atom is 0.258 e. The van der Waals surface area contributed by atoms with E-state index < -0.39 is 0 Å². The fourth-order valence-electron chi connectivity index (χ4n) is 2.83. The zero-order chi connectivity index (χ0) is 20.6. The standard InChI is InChI=1S/C21H21BrN4O3/c22-14-8-10-15(11-9-14)24-20(28)12-13-23-19(27)7-3-6-18-25-17-5-2-1-4-16(17)21(29)26-18/h1-2,4-5,8-11H,3,6-7,12-13H2,(H,23,27)(H,24,28)(H,25,26,29). The zero-order valence-electron chi connectivity index (χ0n) is 15.7. The Morgan fingerprint density at radius 3 is 2.55 bits per heavy atom. The lowest BCUT2D eigenvalue weighted by Gasteiger charge is -2.07. The third-order valence-electron chi connectivity index (χ3n) is 4.28. The van der Waals surface area contributed by atoms with Crippen molar-refractivity contribution in [3.8, 4) is 0 Å². The van der Waals surface area contributed by atoms with Crippen molar-refractivity contribution in [3.05, 3.63) is 69.2 Å². The van der Waals surface area contributed by atoms with E-state index in [-0.39, 0.29) is 30.3 Å². The van der Waals surface area contributed by atoms with Crippen molar-refractivity contribution in [1.29, 1.82) is 0 Å². The lowest BCUT2D eigenvalue weighted by Crippen LogP contribution is -2.27. The average molecular weight is 457 g/mol. The van der Waals surface area contributed by atoms with Gasteiger partial charge in [-0.1, -0.05) is 28.1 Å². The first-order chi connectivity index (χ1) is 14.0. The summed E-state index contributed by atoms with van der Waals surface area (Å²) >= 11 is 3.34. The first kappa shape index (κ1) is 20.7. The van der Waals surface area contributed by atoms with E-state index in [0.717, 1.165) is 4.47 Å². The number of aromatic amines is 1. The van der Waals surface area contributed by atoms with Gasteiger partial charge in [0, 0.05) is 36.0 Å². The Morgan fingerprint density at radius 1 is 1.00 bits per heavy atom. The molecule has 0 fully saturated rings. The maximum atomic E-state index is 12.0. The summed E-state index contributed by atoms with van der Waals surface area (Å²) in [7, 11) is 0. The fourth-order valence-corrected chi connectivity index (χ4v) is 3.09. The van der Waals surface area contributed by atoms with Gasteiger partial charge in [0.2, 0.25) is 11.8 Å². The van der Waals surface area contributed by atoms with Crippen LogP contribution in [0.3, 0.4) is 0 Å². The minimum atomic E-state index is -0.174. The third-order valence-corrected chi connectivity index (χ3v) is 4.81. The largest absolute Gasteiger partial charge is 0.356 e. The van der Waals surface area contributed by atoms with Gasteiger partial charge in [0.15, 0.2) is 0 Å². The van der Waals surface area contributed by atoms with Gasteiger partial charge in [-0.3, -0.25) is 14.4 Å². The molecule has 1 heterocycles. The molecule has 0 aliphatic rings. The molecule has 3 rings (SSSR count). The molecule has 8 heteroatoms. The predicted octanol–water partition coefficient (Wildman–Crippen LogP) is 3.15. The van der Waals surface area contributed by atoms with Crippen LogP contribution in [-0.4, -0.2) is 28.3 Å². The van der Waals surface area contributed by atoms with Crippen LogP contribution in [0.4, 0.5) is 5.69 Å². The van der Waals surface area contributed by atoms with Crippen LogP contribution in [0.1, 0.15) is 25.1 Å². The van der Waals surface area contributed by atoms with Crippen LogP contribution in [0.2, 0.25) is 0 Å². The first-order valence-corrected chi connectivity index (χ1v) is 10.1. The van der Waals surface area contributed by atoms with Crippen LogP contribution in [0.15, 0.2) is 57.8 Å². The Balaban J connectivity index is 1.37. The number of nitrogens with zero attached hydrogens (tertiary/aromatic N) is 1. The van der Waals surface area contributed by atoms with Gasteiger partial charge in [-0.15, -0.1) is 0 Å². The molecule has 0 saturated heterocycles. The second-order valence-corrected chi connectivity index (χ2v) is 7.45. The van der Waals surface area contributed by atoms with Crippen molar-refractivity contribution in [2.24, 2.45) is 0 Å². The molecule has 2 amide bonds. The highest BCUT2D eigenvalue weighted by atomic mass is 79.9. The number of carbonyl (C=O) groups is 2. The van der Waals surface area contributed by atoms with Gasteiger partial charge in [0.25, 0.3) is 5.56 Å². The number of aryl methyl sites for hydroxylation is 1. The molecule has 0 aliphatic heterocycles. The number of hydrogen-bond donors (Lipinski definition) is 3. The number of halogens is 1. The van der Waals surface area contributed by atoms with Crippen LogP contribution in [-0.2, 0) is 16.0 Å². The predicted molar refractivity (Wildman–Crippen MR) is 116 cm³/mol. The van der Waals surface area contributed by atoms with Crippen molar-refractivity contribution in [2.75, 3.05) is 11.9 Å². The number of carbonyl (C=O) groups excluding carboxylic acids is 2. The molecular formula is C21H21BrN4O3.